The molecule has 0 atom stereocenters. The number of carbonyl (C=O) groups excluding carboxylic acids is 1. The van der Waals surface area contributed by atoms with Crippen molar-refractivity contribution in [1.29, 1.82) is 0 Å². The Bertz CT molecular complexity index is 672. The Balaban J connectivity index is 1.79. The van der Waals surface area contributed by atoms with Gasteiger partial charge in [0.15, 0.2) is 5.65 Å². The van der Waals surface area contributed by atoms with Crippen molar-refractivity contribution in [2.45, 2.75) is 52.1 Å². The Morgan fingerprint density at radius 1 is 1.30 bits per heavy atom. The molecule has 1 saturated carbocycles. The molecule has 0 radical (unpaired) electrons. The number of amides is 1. The molecule has 23 heavy (non-hydrogen) atoms. The fraction of sp³-hybridized carbons (Fsp3) is 0.625. The van der Waals surface area contributed by atoms with Gasteiger partial charge in [0.1, 0.15) is 18.7 Å². The van der Waals surface area contributed by atoms with Gasteiger partial charge in [-0.1, -0.05) is 12.8 Å². The van der Waals surface area contributed by atoms with Gasteiger partial charge < -0.3 is 10.2 Å². The lowest BCUT2D eigenvalue weighted by molar-refractivity contribution is -0.122. The van der Waals surface area contributed by atoms with Crippen molar-refractivity contribution < 1.29 is 4.79 Å². The average Bonchev–Trinajstić information content (AvgIpc) is 3.19. The molecule has 2 aromatic rings. The molecule has 1 aliphatic rings. The van der Waals surface area contributed by atoms with E-state index in [0.29, 0.717) is 11.7 Å². The van der Waals surface area contributed by atoms with E-state index < -0.39 is 0 Å². The first-order chi connectivity index (χ1) is 11.2. The Kier molecular flexibility index (Phi) is 4.73. The van der Waals surface area contributed by atoms with Crippen LogP contribution in [0.3, 0.4) is 0 Å². The molecule has 1 N–H and O–H groups in total. The summed E-state index contributed by atoms with van der Waals surface area (Å²) in [5.74, 6) is 0.882. The molecule has 7 nitrogen and oxygen atoms in total. The van der Waals surface area contributed by atoms with Crippen LogP contribution in [0.5, 0.6) is 0 Å². The highest BCUT2D eigenvalue weighted by Crippen LogP contribution is 2.22. The molecule has 0 aliphatic heterocycles. The average molecular weight is 316 g/mol. The number of carbonyl (C=O) groups is 1. The summed E-state index contributed by atoms with van der Waals surface area (Å²) >= 11 is 0. The van der Waals surface area contributed by atoms with Crippen LogP contribution in [0.1, 0.15) is 39.5 Å². The number of nitrogens with zero attached hydrogens (tertiary/aromatic N) is 5. The number of anilines is 1. The highest BCUT2D eigenvalue weighted by molar-refractivity contribution is 5.87. The van der Waals surface area contributed by atoms with Crippen LogP contribution in [0.25, 0.3) is 11.0 Å². The first-order valence-electron chi connectivity index (χ1n) is 8.43. The van der Waals surface area contributed by atoms with E-state index >= 15 is 0 Å². The number of rotatable bonds is 6. The first kappa shape index (κ1) is 15.7. The molecular weight excluding hydrogens is 292 g/mol. The monoisotopic (exact) mass is 316 g/mol. The maximum Gasteiger partial charge on any atom is 0.242 e. The van der Waals surface area contributed by atoms with Gasteiger partial charge in [0.25, 0.3) is 0 Å². The van der Waals surface area contributed by atoms with Crippen molar-refractivity contribution in [2.75, 3.05) is 18.0 Å². The van der Waals surface area contributed by atoms with E-state index in [-0.39, 0.29) is 12.5 Å². The lowest BCUT2D eigenvalue weighted by Crippen LogP contribution is -2.35. The van der Waals surface area contributed by atoms with E-state index in [4.69, 9.17) is 0 Å². The molecule has 0 aromatic carbocycles. The largest absolute Gasteiger partial charge is 0.356 e. The summed E-state index contributed by atoms with van der Waals surface area (Å²) in [4.78, 5) is 23.1. The van der Waals surface area contributed by atoms with Crippen LogP contribution in [0, 0.1) is 0 Å². The van der Waals surface area contributed by atoms with Gasteiger partial charge in [-0.3, -0.25) is 4.79 Å². The summed E-state index contributed by atoms with van der Waals surface area (Å²) in [5, 5.41) is 8.33. The maximum absolute atomic E-state index is 12.2. The lowest BCUT2D eigenvalue weighted by atomic mass is 10.2. The third kappa shape index (κ3) is 3.28. The second-order valence-electron chi connectivity index (χ2n) is 5.96. The van der Waals surface area contributed by atoms with Crippen molar-refractivity contribution in [2.24, 2.45) is 0 Å². The van der Waals surface area contributed by atoms with Crippen molar-refractivity contribution in [3.05, 3.63) is 12.5 Å². The number of hydrogen-bond acceptors (Lipinski definition) is 5. The highest BCUT2D eigenvalue weighted by atomic mass is 16.2. The van der Waals surface area contributed by atoms with Gasteiger partial charge in [-0.25, -0.2) is 14.6 Å². The molecule has 1 amide bonds. The van der Waals surface area contributed by atoms with Crippen LogP contribution < -0.4 is 10.2 Å². The number of aromatic nitrogens is 4. The summed E-state index contributed by atoms with van der Waals surface area (Å²) in [5.41, 5.74) is 0.712. The zero-order chi connectivity index (χ0) is 16.2. The fourth-order valence-corrected chi connectivity index (χ4v) is 3.25. The summed E-state index contributed by atoms with van der Waals surface area (Å²) in [6.45, 7) is 6.13. The summed E-state index contributed by atoms with van der Waals surface area (Å²) in [7, 11) is 0. The van der Waals surface area contributed by atoms with Crippen LogP contribution in [0.4, 0.5) is 5.82 Å². The van der Waals surface area contributed by atoms with Crippen LogP contribution in [0.2, 0.25) is 0 Å². The molecule has 124 valence electrons. The molecule has 0 spiro atoms. The quantitative estimate of drug-likeness (QED) is 0.878. The lowest BCUT2D eigenvalue weighted by Gasteiger charge is -2.19. The van der Waals surface area contributed by atoms with Gasteiger partial charge in [0, 0.05) is 19.1 Å². The third-order valence-corrected chi connectivity index (χ3v) is 4.49. The van der Waals surface area contributed by atoms with Gasteiger partial charge in [-0.2, -0.15) is 5.10 Å². The smallest absolute Gasteiger partial charge is 0.242 e. The number of fused-ring (bicyclic) bond motifs is 1. The standard InChI is InChI=1S/C16H24N6O/c1-3-21(4-2)15-13-9-19-22(16(13)18-11-17-15)10-14(23)20-12-7-5-6-8-12/h9,11-12H,3-8,10H2,1-2H3,(H,20,23). The minimum atomic E-state index is 0.00454. The topological polar surface area (TPSA) is 75.9 Å². The third-order valence-electron chi connectivity index (χ3n) is 4.49. The molecular formula is C16H24N6O. The minimum Gasteiger partial charge on any atom is -0.356 e. The van der Waals surface area contributed by atoms with E-state index in [9.17, 15) is 4.79 Å². The Morgan fingerprint density at radius 2 is 2.04 bits per heavy atom. The van der Waals surface area contributed by atoms with Crippen molar-refractivity contribution in [3.8, 4) is 0 Å². The molecule has 0 unspecified atom stereocenters. The highest BCUT2D eigenvalue weighted by Gasteiger charge is 2.19. The predicted octanol–water partition coefficient (Wildman–Crippen LogP) is 1.73. The maximum atomic E-state index is 12.2. The van der Waals surface area contributed by atoms with Crippen LogP contribution in [-0.4, -0.2) is 44.8 Å². The SMILES string of the molecule is CCN(CC)c1ncnc2c1cnn2CC(=O)NC1CCCC1. The van der Waals surface area contributed by atoms with E-state index in [1.165, 1.54) is 12.8 Å². The summed E-state index contributed by atoms with van der Waals surface area (Å²) in [6, 6.07) is 0.324. The van der Waals surface area contributed by atoms with Crippen molar-refractivity contribution >= 4 is 22.8 Å². The summed E-state index contributed by atoms with van der Waals surface area (Å²) in [6.07, 6.45) is 7.88. The molecule has 7 heteroatoms. The van der Waals surface area contributed by atoms with Gasteiger partial charge in [0.2, 0.25) is 5.91 Å². The molecule has 3 rings (SSSR count). The number of hydrogen-bond donors (Lipinski definition) is 1. The van der Waals surface area contributed by atoms with E-state index in [1.54, 1.807) is 17.2 Å². The van der Waals surface area contributed by atoms with Gasteiger partial charge in [0.05, 0.1) is 11.6 Å². The molecule has 1 aliphatic carbocycles. The van der Waals surface area contributed by atoms with Gasteiger partial charge in [-0.15, -0.1) is 0 Å². The van der Waals surface area contributed by atoms with Crippen molar-refractivity contribution in [1.82, 2.24) is 25.1 Å². The second-order valence-corrected chi connectivity index (χ2v) is 5.96. The predicted molar refractivity (Wildman–Crippen MR) is 89.3 cm³/mol. The van der Waals surface area contributed by atoms with E-state index in [2.05, 4.69) is 39.1 Å². The molecule has 0 bridgehead atoms. The van der Waals surface area contributed by atoms with Crippen LogP contribution in [0.15, 0.2) is 12.5 Å². The Labute approximate surface area is 136 Å². The number of nitrogens with one attached hydrogen (secondary N) is 1. The van der Waals surface area contributed by atoms with Crippen LogP contribution in [-0.2, 0) is 11.3 Å². The zero-order valence-corrected chi connectivity index (χ0v) is 13.8. The Morgan fingerprint density at radius 3 is 2.74 bits per heavy atom. The minimum absolute atomic E-state index is 0.00454. The Hall–Kier alpha value is -2.18. The normalized spacial score (nSPS) is 15.2. The van der Waals surface area contributed by atoms with E-state index in [1.807, 2.05) is 0 Å². The fourth-order valence-electron chi connectivity index (χ4n) is 3.25. The first-order valence-corrected chi connectivity index (χ1v) is 8.43. The zero-order valence-electron chi connectivity index (χ0n) is 13.8. The summed E-state index contributed by atoms with van der Waals surface area (Å²) < 4.78 is 1.66. The van der Waals surface area contributed by atoms with Crippen LogP contribution >= 0.6 is 0 Å². The molecule has 2 aromatic heterocycles. The molecule has 1 fully saturated rings. The van der Waals surface area contributed by atoms with Crippen molar-refractivity contribution in [3.63, 3.8) is 0 Å². The molecule has 0 saturated heterocycles. The second kappa shape index (κ2) is 6.93. The van der Waals surface area contributed by atoms with Gasteiger partial charge >= 0.3 is 0 Å². The van der Waals surface area contributed by atoms with Gasteiger partial charge in [-0.05, 0) is 26.7 Å². The molecule has 2 heterocycles. The van der Waals surface area contributed by atoms with E-state index in [0.717, 1.165) is 37.1 Å².